The monoisotopic (exact) mass is 239 g/mol. The summed E-state index contributed by atoms with van der Waals surface area (Å²) in [5, 5.41) is 10.1. The van der Waals surface area contributed by atoms with Crippen LogP contribution in [0.3, 0.4) is 0 Å². The van der Waals surface area contributed by atoms with E-state index in [2.05, 4.69) is 4.83 Å². The quantitative estimate of drug-likeness (QED) is 0.785. The lowest BCUT2D eigenvalue weighted by atomic mass is 10.1. The molecular formula is C10H13N3O2S. The standard InChI is InChI=1S/C10H13N3O2S/c1-8-6-10(5-4-9(8)7-11)16(14,15)12-13(2)3/h4-6,12H,1-3H3. The van der Waals surface area contributed by atoms with Crippen LogP contribution in [0.2, 0.25) is 0 Å². The van der Waals surface area contributed by atoms with Crippen molar-refractivity contribution in [3.8, 4) is 6.07 Å². The maximum atomic E-state index is 11.8. The van der Waals surface area contributed by atoms with Crippen molar-refractivity contribution >= 4 is 10.0 Å². The molecule has 1 aromatic rings. The summed E-state index contributed by atoms with van der Waals surface area (Å²) >= 11 is 0. The Morgan fingerprint density at radius 2 is 2.00 bits per heavy atom. The number of nitrogens with one attached hydrogen (secondary N) is 1. The zero-order valence-electron chi connectivity index (χ0n) is 9.35. The molecule has 0 unspecified atom stereocenters. The first kappa shape index (κ1) is 12.6. The lowest BCUT2D eigenvalue weighted by Crippen LogP contribution is -2.36. The van der Waals surface area contributed by atoms with Gasteiger partial charge < -0.3 is 0 Å². The fourth-order valence-electron chi connectivity index (χ4n) is 1.22. The number of sulfonamides is 1. The molecule has 0 aliphatic rings. The zero-order valence-corrected chi connectivity index (χ0v) is 10.2. The molecule has 0 heterocycles. The largest absolute Gasteiger partial charge is 0.253 e. The Labute approximate surface area is 95.3 Å². The van der Waals surface area contributed by atoms with E-state index >= 15 is 0 Å². The first-order chi connectivity index (χ1) is 7.36. The molecule has 0 fully saturated rings. The predicted octanol–water partition coefficient (Wildman–Crippen LogP) is 0.622. The van der Waals surface area contributed by atoms with Gasteiger partial charge in [-0.3, -0.25) is 0 Å². The molecular weight excluding hydrogens is 226 g/mol. The normalized spacial score (nSPS) is 11.4. The number of hydrogen-bond donors (Lipinski definition) is 1. The number of hydrogen-bond acceptors (Lipinski definition) is 4. The first-order valence-electron chi connectivity index (χ1n) is 4.57. The van der Waals surface area contributed by atoms with Crippen molar-refractivity contribution in [2.45, 2.75) is 11.8 Å². The average molecular weight is 239 g/mol. The van der Waals surface area contributed by atoms with Crippen molar-refractivity contribution in [3.63, 3.8) is 0 Å². The second-order valence-corrected chi connectivity index (χ2v) is 5.24. The predicted molar refractivity (Wildman–Crippen MR) is 59.9 cm³/mol. The van der Waals surface area contributed by atoms with Crippen molar-refractivity contribution < 1.29 is 8.42 Å². The van der Waals surface area contributed by atoms with Gasteiger partial charge in [-0.05, 0) is 30.7 Å². The maximum Gasteiger partial charge on any atom is 0.253 e. The smallest absolute Gasteiger partial charge is 0.237 e. The van der Waals surface area contributed by atoms with Crippen molar-refractivity contribution in [3.05, 3.63) is 29.3 Å². The Morgan fingerprint density at radius 1 is 1.38 bits per heavy atom. The van der Waals surface area contributed by atoms with Gasteiger partial charge in [0.1, 0.15) is 0 Å². The second kappa shape index (κ2) is 4.61. The molecule has 6 heteroatoms. The Kier molecular flexibility index (Phi) is 3.65. The summed E-state index contributed by atoms with van der Waals surface area (Å²) in [6, 6.07) is 6.38. The van der Waals surface area contributed by atoms with Crippen LogP contribution in [0, 0.1) is 18.3 Å². The second-order valence-electron chi connectivity index (χ2n) is 3.58. The number of aryl methyl sites for hydroxylation is 1. The van der Waals surface area contributed by atoms with Crippen molar-refractivity contribution in [2.75, 3.05) is 14.1 Å². The average Bonchev–Trinajstić information content (AvgIpc) is 2.15. The van der Waals surface area contributed by atoms with Gasteiger partial charge in [0.2, 0.25) is 0 Å². The van der Waals surface area contributed by atoms with E-state index in [-0.39, 0.29) is 4.90 Å². The molecule has 0 aliphatic carbocycles. The third kappa shape index (κ3) is 2.79. The molecule has 0 spiro atoms. The molecule has 0 aliphatic heterocycles. The molecule has 0 bridgehead atoms. The van der Waals surface area contributed by atoms with Crippen molar-refractivity contribution in [2.24, 2.45) is 0 Å². The molecule has 5 nitrogen and oxygen atoms in total. The Bertz CT molecular complexity index is 529. The van der Waals surface area contributed by atoms with Crippen LogP contribution in [0.1, 0.15) is 11.1 Å². The van der Waals surface area contributed by atoms with Crippen molar-refractivity contribution in [1.82, 2.24) is 9.84 Å². The minimum Gasteiger partial charge on any atom is -0.237 e. The molecule has 86 valence electrons. The zero-order chi connectivity index (χ0) is 12.3. The first-order valence-corrected chi connectivity index (χ1v) is 6.05. The van der Waals surface area contributed by atoms with Gasteiger partial charge in [-0.15, -0.1) is 4.83 Å². The van der Waals surface area contributed by atoms with Crippen LogP contribution in [0.4, 0.5) is 0 Å². The molecule has 1 rings (SSSR count). The van der Waals surface area contributed by atoms with Crippen LogP contribution >= 0.6 is 0 Å². The van der Waals surface area contributed by atoms with Crippen LogP contribution in [0.15, 0.2) is 23.1 Å². The molecule has 1 aromatic carbocycles. The van der Waals surface area contributed by atoms with Crippen LogP contribution < -0.4 is 4.83 Å². The summed E-state index contributed by atoms with van der Waals surface area (Å²) in [5.41, 5.74) is 1.12. The van der Waals surface area contributed by atoms with E-state index in [1.165, 1.54) is 23.2 Å². The molecule has 0 amide bonds. The summed E-state index contributed by atoms with van der Waals surface area (Å²) in [6.07, 6.45) is 0. The third-order valence-corrected chi connectivity index (χ3v) is 3.41. The lowest BCUT2D eigenvalue weighted by Gasteiger charge is -2.12. The molecule has 0 saturated carbocycles. The van der Waals surface area contributed by atoms with E-state index in [4.69, 9.17) is 5.26 Å². The van der Waals surface area contributed by atoms with E-state index in [1.807, 2.05) is 6.07 Å². The van der Waals surface area contributed by atoms with E-state index in [0.717, 1.165) is 0 Å². The third-order valence-electron chi connectivity index (χ3n) is 1.93. The van der Waals surface area contributed by atoms with E-state index < -0.39 is 10.0 Å². The topological polar surface area (TPSA) is 73.2 Å². The minimum atomic E-state index is -3.54. The highest BCUT2D eigenvalue weighted by Gasteiger charge is 2.15. The molecule has 16 heavy (non-hydrogen) atoms. The summed E-state index contributed by atoms with van der Waals surface area (Å²) in [6.45, 7) is 1.70. The van der Waals surface area contributed by atoms with E-state index in [0.29, 0.717) is 11.1 Å². The van der Waals surface area contributed by atoms with Gasteiger partial charge in [-0.1, -0.05) is 0 Å². The fourth-order valence-corrected chi connectivity index (χ4v) is 2.39. The molecule has 0 aromatic heterocycles. The number of benzene rings is 1. The molecule has 0 radical (unpaired) electrons. The van der Waals surface area contributed by atoms with Crippen molar-refractivity contribution in [1.29, 1.82) is 5.26 Å². The number of rotatable bonds is 3. The Balaban J connectivity index is 3.17. The summed E-state index contributed by atoms with van der Waals surface area (Å²) in [7, 11) is -0.358. The summed E-state index contributed by atoms with van der Waals surface area (Å²) in [4.78, 5) is 2.47. The van der Waals surface area contributed by atoms with Gasteiger partial charge in [-0.2, -0.15) is 5.26 Å². The maximum absolute atomic E-state index is 11.8. The van der Waals surface area contributed by atoms with Gasteiger partial charge in [0.05, 0.1) is 16.5 Å². The highest BCUT2D eigenvalue weighted by atomic mass is 32.2. The van der Waals surface area contributed by atoms with Gasteiger partial charge >= 0.3 is 0 Å². The Hall–Kier alpha value is -1.42. The summed E-state index contributed by atoms with van der Waals surface area (Å²) in [5.74, 6) is 0. The van der Waals surface area contributed by atoms with Gasteiger partial charge in [-0.25, -0.2) is 13.4 Å². The summed E-state index contributed by atoms with van der Waals surface area (Å²) < 4.78 is 23.5. The fraction of sp³-hybridized carbons (Fsp3) is 0.300. The van der Waals surface area contributed by atoms with Gasteiger partial charge in [0, 0.05) is 14.1 Å². The van der Waals surface area contributed by atoms with Gasteiger partial charge in [0.25, 0.3) is 10.0 Å². The van der Waals surface area contributed by atoms with Crippen LogP contribution in [-0.2, 0) is 10.0 Å². The molecule has 1 N–H and O–H groups in total. The lowest BCUT2D eigenvalue weighted by molar-refractivity contribution is 0.364. The highest BCUT2D eigenvalue weighted by molar-refractivity contribution is 7.89. The van der Waals surface area contributed by atoms with E-state index in [1.54, 1.807) is 21.0 Å². The molecule has 0 atom stereocenters. The van der Waals surface area contributed by atoms with Crippen LogP contribution in [-0.4, -0.2) is 27.5 Å². The number of nitriles is 1. The van der Waals surface area contributed by atoms with Crippen LogP contribution in [0.5, 0.6) is 0 Å². The van der Waals surface area contributed by atoms with E-state index in [9.17, 15) is 8.42 Å². The van der Waals surface area contributed by atoms with Crippen LogP contribution in [0.25, 0.3) is 0 Å². The number of nitrogens with zero attached hydrogens (tertiary/aromatic N) is 2. The molecule has 0 saturated heterocycles. The minimum absolute atomic E-state index is 0.151. The SMILES string of the molecule is Cc1cc(S(=O)(=O)NN(C)C)ccc1C#N. The highest BCUT2D eigenvalue weighted by Crippen LogP contribution is 2.14. The Morgan fingerprint density at radius 3 is 2.44 bits per heavy atom. The van der Waals surface area contributed by atoms with Gasteiger partial charge in [0.15, 0.2) is 0 Å². The number of hydrazine groups is 1.